The highest BCUT2D eigenvalue weighted by atomic mass is 35.5. The molecule has 1 amide bonds. The largest absolute Gasteiger partial charge is 0.360 e. The standard InChI is InChI=1S/C20H25N3O2S.ClH/c1-16-19(24)23(17-5-3-2-4-6-17)15-20(25-16)8-12-22(13-9-20)11-7-18-21-10-14-26-18;/h2-6,10,14,16H,7-9,11-13,15H2,1H3;1H. The van der Waals surface area contributed by atoms with Gasteiger partial charge in [-0.2, -0.15) is 0 Å². The molecule has 146 valence electrons. The molecule has 2 fully saturated rings. The summed E-state index contributed by atoms with van der Waals surface area (Å²) in [4.78, 5) is 21.4. The van der Waals surface area contributed by atoms with Crippen LogP contribution in [-0.4, -0.2) is 53.7 Å². The van der Waals surface area contributed by atoms with Crippen molar-refractivity contribution >= 4 is 35.3 Å². The third kappa shape index (κ3) is 4.51. The normalized spacial score (nSPS) is 22.6. The van der Waals surface area contributed by atoms with Gasteiger partial charge in [0.05, 0.1) is 17.2 Å². The first-order valence-corrected chi connectivity index (χ1v) is 10.2. The molecule has 0 aliphatic carbocycles. The summed E-state index contributed by atoms with van der Waals surface area (Å²) in [5, 5.41) is 3.24. The number of amides is 1. The van der Waals surface area contributed by atoms with Crippen molar-refractivity contribution in [3.05, 3.63) is 46.9 Å². The first-order chi connectivity index (χ1) is 12.7. The minimum atomic E-state index is -0.383. The van der Waals surface area contributed by atoms with E-state index in [1.54, 1.807) is 11.3 Å². The summed E-state index contributed by atoms with van der Waals surface area (Å²) in [6, 6.07) is 9.96. The maximum atomic E-state index is 12.6. The first-order valence-electron chi connectivity index (χ1n) is 9.30. The van der Waals surface area contributed by atoms with Gasteiger partial charge in [-0.25, -0.2) is 4.98 Å². The third-order valence-corrected chi connectivity index (χ3v) is 6.29. The zero-order valence-corrected chi connectivity index (χ0v) is 17.2. The average molecular weight is 408 g/mol. The van der Waals surface area contributed by atoms with Gasteiger partial charge >= 0.3 is 0 Å². The Bertz CT molecular complexity index is 733. The van der Waals surface area contributed by atoms with Gasteiger partial charge in [0.15, 0.2) is 0 Å². The number of halogens is 1. The lowest BCUT2D eigenvalue weighted by Gasteiger charge is -2.49. The zero-order chi connectivity index (χ0) is 18.0. The molecule has 0 radical (unpaired) electrons. The first kappa shape index (κ1) is 20.3. The van der Waals surface area contributed by atoms with Crippen LogP contribution in [0.4, 0.5) is 5.69 Å². The molecule has 1 aromatic carbocycles. The number of para-hydroxylation sites is 1. The number of nitrogens with zero attached hydrogens (tertiary/aromatic N) is 3. The van der Waals surface area contributed by atoms with E-state index < -0.39 is 0 Å². The molecule has 3 heterocycles. The second-order valence-electron chi connectivity index (χ2n) is 7.22. The SMILES string of the molecule is CC1OC2(CCN(CCc3nccs3)CC2)CN(c2ccccc2)C1=O.Cl. The Balaban J connectivity index is 0.00000210. The Morgan fingerprint density at radius 1 is 1.26 bits per heavy atom. The van der Waals surface area contributed by atoms with E-state index in [1.807, 2.05) is 53.7 Å². The van der Waals surface area contributed by atoms with Crippen LogP contribution in [0, 0.1) is 0 Å². The lowest BCUT2D eigenvalue weighted by Crippen LogP contribution is -2.61. The predicted octanol–water partition coefficient (Wildman–Crippen LogP) is 3.39. The quantitative estimate of drug-likeness (QED) is 0.779. The highest BCUT2D eigenvalue weighted by Gasteiger charge is 2.45. The van der Waals surface area contributed by atoms with Gasteiger partial charge in [0.1, 0.15) is 6.10 Å². The molecule has 1 aromatic heterocycles. The maximum absolute atomic E-state index is 12.6. The Hall–Kier alpha value is -1.47. The van der Waals surface area contributed by atoms with Crippen LogP contribution < -0.4 is 4.90 Å². The summed E-state index contributed by atoms with van der Waals surface area (Å²) in [6.07, 6.45) is 4.43. The van der Waals surface area contributed by atoms with Crippen molar-refractivity contribution in [3.63, 3.8) is 0 Å². The molecule has 1 unspecified atom stereocenters. The van der Waals surface area contributed by atoms with Gasteiger partial charge in [0.2, 0.25) is 0 Å². The van der Waals surface area contributed by atoms with Crippen molar-refractivity contribution < 1.29 is 9.53 Å². The average Bonchev–Trinajstić information content (AvgIpc) is 3.19. The Morgan fingerprint density at radius 2 is 2.00 bits per heavy atom. The number of carbonyl (C=O) groups excluding carboxylic acids is 1. The molecule has 4 rings (SSSR count). The molecule has 0 bridgehead atoms. The fourth-order valence-electron chi connectivity index (χ4n) is 3.96. The minimum Gasteiger partial charge on any atom is -0.360 e. The number of piperidine rings is 1. The van der Waals surface area contributed by atoms with Crippen LogP contribution in [0.5, 0.6) is 0 Å². The number of hydrogen-bond donors (Lipinski definition) is 0. The molecule has 27 heavy (non-hydrogen) atoms. The van der Waals surface area contributed by atoms with Gasteiger partial charge in [-0.15, -0.1) is 23.7 Å². The fraction of sp³-hybridized carbons (Fsp3) is 0.500. The number of carbonyl (C=O) groups is 1. The molecule has 0 saturated carbocycles. The Kier molecular flexibility index (Phi) is 6.52. The number of benzene rings is 1. The molecule has 2 aliphatic rings. The molecule has 0 N–H and O–H groups in total. The highest BCUT2D eigenvalue weighted by Crippen LogP contribution is 2.35. The highest BCUT2D eigenvalue weighted by molar-refractivity contribution is 7.09. The molecule has 2 aliphatic heterocycles. The van der Waals surface area contributed by atoms with Gasteiger partial charge in [-0.1, -0.05) is 18.2 Å². The molecule has 2 aromatic rings. The van der Waals surface area contributed by atoms with Crippen LogP contribution in [-0.2, 0) is 16.0 Å². The van der Waals surface area contributed by atoms with Crippen LogP contribution in [0.25, 0.3) is 0 Å². The second-order valence-corrected chi connectivity index (χ2v) is 8.20. The van der Waals surface area contributed by atoms with E-state index >= 15 is 0 Å². The zero-order valence-electron chi connectivity index (χ0n) is 15.5. The topological polar surface area (TPSA) is 45.7 Å². The third-order valence-electron chi connectivity index (χ3n) is 5.45. The van der Waals surface area contributed by atoms with Crippen molar-refractivity contribution in [1.29, 1.82) is 0 Å². The lowest BCUT2D eigenvalue weighted by atomic mass is 9.88. The van der Waals surface area contributed by atoms with Gasteiger partial charge in [0.25, 0.3) is 5.91 Å². The maximum Gasteiger partial charge on any atom is 0.255 e. The minimum absolute atomic E-state index is 0. The number of hydrogen-bond acceptors (Lipinski definition) is 5. The number of morpholine rings is 1. The summed E-state index contributed by atoms with van der Waals surface area (Å²) in [5.41, 5.74) is 0.749. The van der Waals surface area contributed by atoms with Crippen LogP contribution >= 0.6 is 23.7 Å². The van der Waals surface area contributed by atoms with Crippen LogP contribution in [0.1, 0.15) is 24.8 Å². The summed E-state index contributed by atoms with van der Waals surface area (Å²) in [5.74, 6) is 0.0630. The fourth-order valence-corrected chi connectivity index (χ4v) is 4.57. The van der Waals surface area contributed by atoms with E-state index in [9.17, 15) is 4.79 Å². The number of rotatable bonds is 4. The smallest absolute Gasteiger partial charge is 0.255 e. The van der Waals surface area contributed by atoms with Crippen molar-refractivity contribution in [3.8, 4) is 0 Å². The number of aromatic nitrogens is 1. The molecule has 1 spiro atoms. The number of likely N-dealkylation sites (tertiary alicyclic amines) is 1. The van der Waals surface area contributed by atoms with Gasteiger partial charge in [-0.3, -0.25) is 4.79 Å². The monoisotopic (exact) mass is 407 g/mol. The van der Waals surface area contributed by atoms with Crippen LogP contribution in [0.2, 0.25) is 0 Å². The van der Waals surface area contributed by atoms with E-state index in [-0.39, 0.29) is 30.0 Å². The number of thiazole rings is 1. The van der Waals surface area contributed by atoms with Crippen LogP contribution in [0.3, 0.4) is 0 Å². The molecular weight excluding hydrogens is 382 g/mol. The molecule has 7 heteroatoms. The van der Waals surface area contributed by atoms with E-state index in [0.29, 0.717) is 6.54 Å². The van der Waals surface area contributed by atoms with Gasteiger partial charge in [0, 0.05) is 43.3 Å². The molecule has 5 nitrogen and oxygen atoms in total. The number of anilines is 1. The molecule has 1 atom stereocenters. The van der Waals surface area contributed by atoms with E-state index in [1.165, 1.54) is 5.01 Å². The van der Waals surface area contributed by atoms with E-state index in [2.05, 4.69) is 9.88 Å². The van der Waals surface area contributed by atoms with Crippen molar-refractivity contribution in [2.45, 2.75) is 37.9 Å². The van der Waals surface area contributed by atoms with Gasteiger partial charge < -0.3 is 14.5 Å². The number of ether oxygens (including phenoxy) is 1. The van der Waals surface area contributed by atoms with Crippen LogP contribution in [0.15, 0.2) is 41.9 Å². The summed E-state index contributed by atoms with van der Waals surface area (Å²) in [7, 11) is 0. The van der Waals surface area contributed by atoms with E-state index in [0.717, 1.165) is 44.6 Å². The van der Waals surface area contributed by atoms with Crippen molar-refractivity contribution in [2.24, 2.45) is 0 Å². The Labute approximate surface area is 170 Å². The predicted molar refractivity (Wildman–Crippen MR) is 111 cm³/mol. The summed E-state index contributed by atoms with van der Waals surface area (Å²) < 4.78 is 6.25. The van der Waals surface area contributed by atoms with Crippen molar-refractivity contribution in [1.82, 2.24) is 9.88 Å². The Morgan fingerprint density at radius 3 is 2.67 bits per heavy atom. The van der Waals surface area contributed by atoms with Crippen molar-refractivity contribution in [2.75, 3.05) is 31.1 Å². The molecule has 2 saturated heterocycles. The van der Waals surface area contributed by atoms with E-state index in [4.69, 9.17) is 4.74 Å². The molecular formula is C20H26ClN3O2S. The second kappa shape index (κ2) is 8.69. The lowest BCUT2D eigenvalue weighted by molar-refractivity contribution is -0.161. The summed E-state index contributed by atoms with van der Waals surface area (Å²) in [6.45, 7) is 5.60. The van der Waals surface area contributed by atoms with Gasteiger partial charge in [-0.05, 0) is 31.9 Å². The summed E-state index contributed by atoms with van der Waals surface area (Å²) >= 11 is 1.72.